The van der Waals surface area contributed by atoms with Crippen LogP contribution in [-0.4, -0.2) is 4.98 Å². The molecule has 0 saturated heterocycles. The third-order valence-electron chi connectivity index (χ3n) is 2.47. The molecule has 4 nitrogen and oxygen atoms in total. The minimum absolute atomic E-state index is 0.127. The van der Waals surface area contributed by atoms with Crippen LogP contribution in [0.15, 0.2) is 30.3 Å². The molecule has 0 unspecified atom stereocenters. The fourth-order valence-electron chi connectivity index (χ4n) is 1.49. The lowest BCUT2D eigenvalue weighted by molar-refractivity contribution is -0.141. The van der Waals surface area contributed by atoms with E-state index in [-0.39, 0.29) is 11.3 Å². The Bertz CT molecular complexity index is 702. The van der Waals surface area contributed by atoms with Crippen LogP contribution in [0.2, 0.25) is 0 Å². The van der Waals surface area contributed by atoms with Crippen LogP contribution in [0, 0.1) is 17.1 Å². The van der Waals surface area contributed by atoms with Gasteiger partial charge >= 0.3 is 6.18 Å². The number of rotatable bonds is 2. The molecule has 0 aliphatic rings. The fraction of sp³-hybridized carbons (Fsp3) is 0.0769. The zero-order valence-corrected chi connectivity index (χ0v) is 10.3. The SMILES string of the molecule is N#Cc1ccc(C(F)(F)F)nc1Oc1c(N)cccc1F. The number of aromatic nitrogens is 1. The van der Waals surface area contributed by atoms with E-state index in [1.807, 2.05) is 0 Å². The molecule has 0 amide bonds. The maximum Gasteiger partial charge on any atom is 0.433 e. The van der Waals surface area contributed by atoms with Gasteiger partial charge in [-0.2, -0.15) is 18.4 Å². The molecule has 0 saturated carbocycles. The Labute approximate surface area is 116 Å². The highest BCUT2D eigenvalue weighted by Crippen LogP contribution is 2.34. The topological polar surface area (TPSA) is 71.9 Å². The number of anilines is 1. The van der Waals surface area contributed by atoms with Gasteiger partial charge in [-0.05, 0) is 24.3 Å². The molecule has 0 radical (unpaired) electrons. The number of hydrogen-bond donors (Lipinski definition) is 1. The fourth-order valence-corrected chi connectivity index (χ4v) is 1.49. The Morgan fingerprint density at radius 3 is 2.48 bits per heavy atom. The summed E-state index contributed by atoms with van der Waals surface area (Å²) in [7, 11) is 0. The first kappa shape index (κ1) is 14.6. The van der Waals surface area contributed by atoms with E-state index >= 15 is 0 Å². The lowest BCUT2D eigenvalue weighted by atomic mass is 10.2. The second-order valence-corrected chi connectivity index (χ2v) is 3.92. The third-order valence-corrected chi connectivity index (χ3v) is 2.47. The van der Waals surface area contributed by atoms with Crippen LogP contribution >= 0.6 is 0 Å². The molecular weight excluding hydrogens is 290 g/mol. The van der Waals surface area contributed by atoms with Gasteiger partial charge in [-0.3, -0.25) is 0 Å². The molecule has 0 atom stereocenters. The van der Waals surface area contributed by atoms with E-state index < -0.39 is 29.3 Å². The molecule has 8 heteroatoms. The van der Waals surface area contributed by atoms with Crippen molar-refractivity contribution in [1.82, 2.24) is 4.98 Å². The molecular formula is C13H7F4N3O. The summed E-state index contributed by atoms with van der Waals surface area (Å²) < 4.78 is 56.3. The second-order valence-electron chi connectivity index (χ2n) is 3.92. The van der Waals surface area contributed by atoms with Crippen molar-refractivity contribution < 1.29 is 22.3 Å². The number of nitrogen functional groups attached to an aromatic ring is 1. The van der Waals surface area contributed by atoms with Crippen molar-refractivity contribution in [3.8, 4) is 17.7 Å². The third kappa shape index (κ3) is 3.02. The van der Waals surface area contributed by atoms with E-state index in [2.05, 4.69) is 4.98 Å². The van der Waals surface area contributed by atoms with Gasteiger partial charge in [-0.25, -0.2) is 9.37 Å². The summed E-state index contributed by atoms with van der Waals surface area (Å²) in [5, 5.41) is 8.85. The van der Waals surface area contributed by atoms with Crippen LogP contribution in [0.1, 0.15) is 11.3 Å². The average molecular weight is 297 g/mol. The van der Waals surface area contributed by atoms with Crippen molar-refractivity contribution in [3.05, 3.63) is 47.4 Å². The Hall–Kier alpha value is -2.82. The number of benzene rings is 1. The molecule has 21 heavy (non-hydrogen) atoms. The van der Waals surface area contributed by atoms with Gasteiger partial charge in [-0.15, -0.1) is 0 Å². The number of ether oxygens (including phenoxy) is 1. The van der Waals surface area contributed by atoms with Gasteiger partial charge in [0, 0.05) is 0 Å². The molecule has 0 spiro atoms. The second kappa shape index (κ2) is 5.28. The number of nitrogens with two attached hydrogens (primary N) is 1. The number of para-hydroxylation sites is 1. The van der Waals surface area contributed by atoms with Crippen molar-refractivity contribution in [3.63, 3.8) is 0 Å². The van der Waals surface area contributed by atoms with E-state index in [9.17, 15) is 17.6 Å². The Balaban J connectivity index is 2.51. The van der Waals surface area contributed by atoms with E-state index in [1.54, 1.807) is 6.07 Å². The number of hydrogen-bond acceptors (Lipinski definition) is 4. The van der Waals surface area contributed by atoms with Crippen LogP contribution < -0.4 is 10.5 Å². The minimum atomic E-state index is -4.72. The monoisotopic (exact) mass is 297 g/mol. The Kier molecular flexibility index (Phi) is 3.67. The van der Waals surface area contributed by atoms with Gasteiger partial charge < -0.3 is 10.5 Å². The van der Waals surface area contributed by atoms with Crippen molar-refractivity contribution >= 4 is 5.69 Å². The van der Waals surface area contributed by atoms with Gasteiger partial charge in [0.05, 0.1) is 5.69 Å². The summed E-state index contributed by atoms with van der Waals surface area (Å²) in [6.07, 6.45) is -4.72. The van der Waals surface area contributed by atoms with E-state index in [0.717, 1.165) is 12.1 Å². The first-order valence-electron chi connectivity index (χ1n) is 5.53. The van der Waals surface area contributed by atoms with Gasteiger partial charge in [0.1, 0.15) is 17.3 Å². The zero-order valence-electron chi connectivity index (χ0n) is 10.3. The number of nitrogens with zero attached hydrogens (tertiary/aromatic N) is 2. The van der Waals surface area contributed by atoms with Gasteiger partial charge in [0.25, 0.3) is 0 Å². The van der Waals surface area contributed by atoms with Crippen molar-refractivity contribution in [2.75, 3.05) is 5.73 Å². The summed E-state index contributed by atoms with van der Waals surface area (Å²) in [6, 6.07) is 6.77. The predicted molar refractivity (Wildman–Crippen MR) is 64.8 cm³/mol. The zero-order chi connectivity index (χ0) is 15.6. The van der Waals surface area contributed by atoms with Gasteiger partial charge in [0.15, 0.2) is 11.6 Å². The maximum atomic E-state index is 13.6. The van der Waals surface area contributed by atoms with Crippen LogP contribution in [0.25, 0.3) is 0 Å². The summed E-state index contributed by atoms with van der Waals surface area (Å²) in [5.74, 6) is -2.02. The molecule has 2 rings (SSSR count). The maximum absolute atomic E-state index is 13.6. The molecule has 108 valence electrons. The number of nitriles is 1. The number of pyridine rings is 1. The highest BCUT2D eigenvalue weighted by Gasteiger charge is 2.33. The van der Waals surface area contributed by atoms with Crippen LogP contribution in [0.5, 0.6) is 11.6 Å². The van der Waals surface area contributed by atoms with Gasteiger partial charge in [-0.1, -0.05) is 6.07 Å². The van der Waals surface area contributed by atoms with Crippen LogP contribution in [0.4, 0.5) is 23.2 Å². The quantitative estimate of drug-likeness (QED) is 0.680. The number of halogens is 4. The van der Waals surface area contributed by atoms with Crippen molar-refractivity contribution in [2.24, 2.45) is 0 Å². The molecule has 0 aliphatic carbocycles. The largest absolute Gasteiger partial charge is 0.433 e. The van der Waals surface area contributed by atoms with E-state index in [4.69, 9.17) is 15.7 Å². The normalized spacial score (nSPS) is 11.0. The smallest absolute Gasteiger partial charge is 0.432 e. The first-order valence-corrected chi connectivity index (χ1v) is 5.53. The van der Waals surface area contributed by atoms with E-state index in [0.29, 0.717) is 6.07 Å². The van der Waals surface area contributed by atoms with Crippen LogP contribution in [0.3, 0.4) is 0 Å². The molecule has 2 N–H and O–H groups in total. The molecule has 2 aromatic rings. The molecule has 1 aromatic carbocycles. The predicted octanol–water partition coefficient (Wildman–Crippen LogP) is 3.49. The average Bonchev–Trinajstić information content (AvgIpc) is 2.42. The summed E-state index contributed by atoms with van der Waals surface area (Å²) in [6.45, 7) is 0. The van der Waals surface area contributed by atoms with Crippen LogP contribution in [-0.2, 0) is 6.18 Å². The first-order chi connectivity index (χ1) is 9.82. The standard InChI is InChI=1S/C13H7F4N3O/c14-8-2-1-3-9(19)11(8)21-12-7(6-18)4-5-10(20-12)13(15,16)17/h1-5H,19H2. The summed E-state index contributed by atoms with van der Waals surface area (Å²) >= 11 is 0. The lowest BCUT2D eigenvalue weighted by Crippen LogP contribution is -2.09. The Morgan fingerprint density at radius 2 is 1.90 bits per heavy atom. The van der Waals surface area contributed by atoms with Gasteiger partial charge in [0.2, 0.25) is 5.88 Å². The highest BCUT2D eigenvalue weighted by atomic mass is 19.4. The van der Waals surface area contributed by atoms with Crippen molar-refractivity contribution in [2.45, 2.75) is 6.18 Å². The summed E-state index contributed by atoms with van der Waals surface area (Å²) in [4.78, 5) is 3.20. The molecule has 1 heterocycles. The summed E-state index contributed by atoms with van der Waals surface area (Å²) in [5.41, 5.74) is 3.83. The molecule has 0 bridgehead atoms. The molecule has 0 aliphatic heterocycles. The van der Waals surface area contributed by atoms with Crippen molar-refractivity contribution in [1.29, 1.82) is 5.26 Å². The molecule has 1 aromatic heterocycles. The minimum Gasteiger partial charge on any atom is -0.432 e. The Morgan fingerprint density at radius 1 is 1.19 bits per heavy atom. The number of alkyl halides is 3. The highest BCUT2D eigenvalue weighted by molar-refractivity contribution is 5.55. The molecule has 0 fully saturated rings. The lowest BCUT2D eigenvalue weighted by Gasteiger charge is -2.12. The van der Waals surface area contributed by atoms with E-state index in [1.165, 1.54) is 12.1 Å².